The van der Waals surface area contributed by atoms with Crippen LogP contribution in [0.5, 0.6) is 0 Å². The largest absolute Gasteiger partial charge is 0.260 e. The summed E-state index contributed by atoms with van der Waals surface area (Å²) in [5.74, 6) is 13.8. The van der Waals surface area contributed by atoms with Crippen LogP contribution < -0.4 is 5.90 Å². The molecule has 4 saturated carbocycles. The van der Waals surface area contributed by atoms with Gasteiger partial charge in [-0.1, -0.05) is 27.2 Å². The molecule has 0 aromatic rings. The second kappa shape index (κ2) is 5.73. The molecule has 0 bridgehead atoms. The number of fused-ring (bicyclic) bond motifs is 5. The van der Waals surface area contributed by atoms with Crippen molar-refractivity contribution in [2.24, 2.45) is 40.4 Å². The molecule has 4 aliphatic rings. The molecule has 130 valence electrons. The lowest BCUT2D eigenvalue weighted by atomic mass is 9.44. The van der Waals surface area contributed by atoms with Crippen LogP contribution in [0.4, 0.5) is 0 Å². The zero-order valence-electron chi connectivity index (χ0n) is 15.4. The Balaban J connectivity index is 1.58. The maximum atomic E-state index is 9.11. The fourth-order valence-corrected chi connectivity index (χ4v) is 8.09. The summed E-state index contributed by atoms with van der Waals surface area (Å²) < 4.78 is 0. The van der Waals surface area contributed by atoms with E-state index in [1.54, 1.807) is 0 Å². The third kappa shape index (κ3) is 2.27. The Morgan fingerprint density at radius 2 is 1.65 bits per heavy atom. The van der Waals surface area contributed by atoms with Gasteiger partial charge in [0, 0.05) is 5.90 Å². The van der Waals surface area contributed by atoms with Gasteiger partial charge in [0.15, 0.2) is 0 Å². The first-order valence-corrected chi connectivity index (χ1v) is 10.3. The number of rotatable bonds is 2. The van der Waals surface area contributed by atoms with Gasteiger partial charge in [-0.25, -0.2) is 0 Å². The highest BCUT2D eigenvalue weighted by Crippen LogP contribution is 2.67. The van der Waals surface area contributed by atoms with Crippen LogP contribution in [0.25, 0.3) is 0 Å². The molecule has 4 fully saturated rings. The minimum atomic E-state index is 0.106. The summed E-state index contributed by atoms with van der Waals surface area (Å²) in [5.41, 5.74) is 1.16. The van der Waals surface area contributed by atoms with Crippen molar-refractivity contribution in [3.63, 3.8) is 0 Å². The van der Waals surface area contributed by atoms with E-state index in [4.69, 9.17) is 10.7 Å². The molecule has 0 amide bonds. The van der Waals surface area contributed by atoms with E-state index < -0.39 is 0 Å². The Bertz CT molecular complexity index is 451. The SMILES string of the molecule is CC[C@H]1CCC2C3CCC4CC(O[N])CC[C@]4(C)C3CC[C@@]21C. The minimum absolute atomic E-state index is 0.106. The number of nitrogens with zero attached hydrogens (tertiary/aromatic N) is 1. The van der Waals surface area contributed by atoms with E-state index in [0.717, 1.165) is 42.4 Å². The summed E-state index contributed by atoms with van der Waals surface area (Å²) in [5, 5.41) is 0. The average molecular weight is 318 g/mol. The molecular formula is C21H35NO. The summed E-state index contributed by atoms with van der Waals surface area (Å²) in [6, 6.07) is 0. The fourth-order valence-electron chi connectivity index (χ4n) is 8.09. The van der Waals surface area contributed by atoms with Gasteiger partial charge in [-0.2, -0.15) is 0 Å². The minimum Gasteiger partial charge on any atom is -0.260 e. The molecule has 4 rings (SSSR count). The summed E-state index contributed by atoms with van der Waals surface area (Å²) in [6.07, 6.45) is 13.7. The highest BCUT2D eigenvalue weighted by atomic mass is 16.6. The topological polar surface area (TPSA) is 31.5 Å². The van der Waals surface area contributed by atoms with Gasteiger partial charge >= 0.3 is 0 Å². The second-order valence-corrected chi connectivity index (χ2v) is 9.89. The zero-order valence-corrected chi connectivity index (χ0v) is 15.4. The molecule has 0 aromatic heterocycles. The molecule has 0 aliphatic heterocycles. The molecular weight excluding hydrogens is 282 g/mol. The molecule has 0 N–H and O–H groups in total. The lowest BCUT2D eigenvalue weighted by Gasteiger charge is -2.61. The van der Waals surface area contributed by atoms with Crippen LogP contribution in [0, 0.1) is 40.4 Å². The van der Waals surface area contributed by atoms with Crippen LogP contribution in [0.2, 0.25) is 0 Å². The van der Waals surface area contributed by atoms with Gasteiger partial charge in [-0.15, -0.1) is 0 Å². The van der Waals surface area contributed by atoms with Gasteiger partial charge in [0.2, 0.25) is 0 Å². The third-order valence-electron chi connectivity index (χ3n) is 9.46. The Kier molecular flexibility index (Phi) is 4.08. The zero-order chi connectivity index (χ0) is 16.2. The van der Waals surface area contributed by atoms with Crippen molar-refractivity contribution < 1.29 is 4.84 Å². The molecule has 23 heavy (non-hydrogen) atoms. The highest BCUT2D eigenvalue weighted by molar-refractivity contribution is 5.09. The Hall–Kier alpha value is -0.0800. The standard InChI is InChI=1S/C21H35NO/c1-4-14-6-8-18-17-7-5-15-13-16(23-22)9-11-21(15,3)19(17)10-12-20(14,18)2/h14-19H,4-13H2,1-3H3/t14-,15?,16?,17?,18?,19?,20+,21-/m0/s1. The van der Waals surface area contributed by atoms with Gasteiger partial charge in [0.05, 0.1) is 6.10 Å². The van der Waals surface area contributed by atoms with Crippen molar-refractivity contribution in [1.29, 1.82) is 0 Å². The summed E-state index contributed by atoms with van der Waals surface area (Å²) in [7, 11) is 0. The van der Waals surface area contributed by atoms with E-state index in [2.05, 4.69) is 20.8 Å². The van der Waals surface area contributed by atoms with Gasteiger partial charge in [-0.05, 0) is 98.2 Å². The van der Waals surface area contributed by atoms with Crippen LogP contribution >= 0.6 is 0 Å². The van der Waals surface area contributed by atoms with Crippen LogP contribution in [0.3, 0.4) is 0 Å². The first-order valence-electron chi connectivity index (χ1n) is 10.3. The molecule has 0 spiro atoms. The molecule has 0 saturated heterocycles. The van der Waals surface area contributed by atoms with E-state index in [1.165, 1.54) is 51.4 Å². The predicted molar refractivity (Wildman–Crippen MR) is 92.5 cm³/mol. The molecule has 5 unspecified atom stereocenters. The summed E-state index contributed by atoms with van der Waals surface area (Å²) >= 11 is 0. The monoisotopic (exact) mass is 317 g/mol. The van der Waals surface area contributed by atoms with Crippen molar-refractivity contribution in [2.75, 3.05) is 0 Å². The van der Waals surface area contributed by atoms with E-state index in [9.17, 15) is 0 Å². The Morgan fingerprint density at radius 3 is 2.39 bits per heavy atom. The average Bonchev–Trinajstić information content (AvgIpc) is 2.90. The molecule has 0 heterocycles. The van der Waals surface area contributed by atoms with E-state index >= 15 is 0 Å². The quantitative estimate of drug-likeness (QED) is 0.625. The molecule has 8 atom stereocenters. The van der Waals surface area contributed by atoms with E-state index in [0.29, 0.717) is 10.8 Å². The van der Waals surface area contributed by atoms with Crippen molar-refractivity contribution in [3.05, 3.63) is 0 Å². The first-order chi connectivity index (χ1) is 11.0. The Morgan fingerprint density at radius 1 is 0.913 bits per heavy atom. The van der Waals surface area contributed by atoms with Crippen LogP contribution in [-0.2, 0) is 4.84 Å². The predicted octanol–water partition coefficient (Wildman–Crippen LogP) is 5.42. The van der Waals surface area contributed by atoms with E-state index in [1.807, 2.05) is 0 Å². The maximum Gasteiger partial charge on any atom is 0.0831 e. The lowest BCUT2D eigenvalue weighted by Crippen LogP contribution is -2.54. The van der Waals surface area contributed by atoms with E-state index in [-0.39, 0.29) is 6.10 Å². The van der Waals surface area contributed by atoms with Crippen molar-refractivity contribution in [3.8, 4) is 0 Å². The van der Waals surface area contributed by atoms with Gasteiger partial charge in [-0.3, -0.25) is 4.84 Å². The third-order valence-corrected chi connectivity index (χ3v) is 9.46. The molecule has 2 nitrogen and oxygen atoms in total. The molecule has 2 heteroatoms. The van der Waals surface area contributed by atoms with Crippen molar-refractivity contribution in [1.82, 2.24) is 5.90 Å². The molecule has 0 aromatic carbocycles. The Labute approximate surface area is 142 Å². The van der Waals surface area contributed by atoms with Gasteiger partial charge in [0.25, 0.3) is 0 Å². The van der Waals surface area contributed by atoms with Crippen LogP contribution in [0.1, 0.15) is 85.0 Å². The lowest BCUT2D eigenvalue weighted by molar-refractivity contribution is -0.137. The number of hydrogen-bond donors (Lipinski definition) is 0. The highest BCUT2D eigenvalue weighted by Gasteiger charge is 2.59. The fraction of sp³-hybridized carbons (Fsp3) is 1.00. The van der Waals surface area contributed by atoms with Crippen LogP contribution in [-0.4, -0.2) is 6.10 Å². The van der Waals surface area contributed by atoms with Crippen molar-refractivity contribution >= 4 is 0 Å². The normalized spacial score (nSPS) is 55.8. The molecule has 2 radical (unpaired) electrons. The summed E-state index contributed by atoms with van der Waals surface area (Å²) in [6.45, 7) is 7.65. The molecule has 4 aliphatic carbocycles. The van der Waals surface area contributed by atoms with Gasteiger partial charge in [0.1, 0.15) is 0 Å². The van der Waals surface area contributed by atoms with Crippen LogP contribution in [0.15, 0.2) is 0 Å². The maximum absolute atomic E-state index is 9.11. The summed E-state index contributed by atoms with van der Waals surface area (Å²) in [4.78, 5) is 4.74. The smallest absolute Gasteiger partial charge is 0.0831 e. The number of hydrogen-bond acceptors (Lipinski definition) is 1. The van der Waals surface area contributed by atoms with Crippen molar-refractivity contribution in [2.45, 2.75) is 91.1 Å². The second-order valence-electron chi connectivity index (χ2n) is 9.89. The first kappa shape index (κ1) is 16.4. The van der Waals surface area contributed by atoms with Gasteiger partial charge < -0.3 is 0 Å².